The van der Waals surface area contributed by atoms with Gasteiger partial charge in [-0.15, -0.1) is 0 Å². The van der Waals surface area contributed by atoms with Gasteiger partial charge in [0.15, 0.2) is 11.6 Å². The summed E-state index contributed by atoms with van der Waals surface area (Å²) < 4.78 is 26.6. The van der Waals surface area contributed by atoms with Crippen LogP contribution >= 0.6 is 0 Å². The lowest BCUT2D eigenvalue weighted by Gasteiger charge is -2.35. The van der Waals surface area contributed by atoms with Gasteiger partial charge in [0.2, 0.25) is 0 Å². The molecule has 6 rings (SSSR count). The van der Waals surface area contributed by atoms with Crippen molar-refractivity contribution >= 4 is 45.5 Å². The standard InChI is InChI=1S/C37H39FN8O3/c1-6-48-31-13-11-25(20-28(31)38)46-37(5,21-32(45-46)36(2,3)4)44-35(47)42-29-12-14-30(27-10-8-7-9-26(27)29)49-23-24-15-16-40-33(19-24)43-34-22-39-17-18-41-34/h7-20,22H,6,21,23H2,1-5H3,(H,40,41,43)(H2,42,44,47). The van der Waals surface area contributed by atoms with Crippen molar-refractivity contribution in [2.24, 2.45) is 10.5 Å². The van der Waals surface area contributed by atoms with Crippen LogP contribution in [0.1, 0.15) is 46.6 Å². The predicted molar refractivity (Wildman–Crippen MR) is 190 cm³/mol. The van der Waals surface area contributed by atoms with E-state index in [0.29, 0.717) is 48.4 Å². The average Bonchev–Trinajstić information content (AvgIpc) is 3.43. The lowest BCUT2D eigenvalue weighted by atomic mass is 9.85. The van der Waals surface area contributed by atoms with Crippen LogP contribution in [0.25, 0.3) is 10.8 Å². The van der Waals surface area contributed by atoms with Crippen LogP contribution in [0.15, 0.2) is 96.6 Å². The molecule has 2 amide bonds. The van der Waals surface area contributed by atoms with Crippen molar-refractivity contribution in [1.29, 1.82) is 0 Å². The second kappa shape index (κ2) is 13.8. The Morgan fingerprint density at radius 2 is 1.71 bits per heavy atom. The summed E-state index contributed by atoms with van der Waals surface area (Å²) in [6, 6.07) is 19.4. The lowest BCUT2D eigenvalue weighted by Crippen LogP contribution is -2.56. The number of hydrazone groups is 1. The normalized spacial score (nSPS) is 15.9. The number of anilines is 4. The van der Waals surface area contributed by atoms with Crippen molar-refractivity contribution in [2.75, 3.05) is 22.2 Å². The van der Waals surface area contributed by atoms with Crippen LogP contribution in [-0.4, -0.2) is 39.0 Å². The highest BCUT2D eigenvalue weighted by atomic mass is 19.1. The Kier molecular flexibility index (Phi) is 9.30. The van der Waals surface area contributed by atoms with E-state index in [2.05, 4.69) is 51.7 Å². The molecule has 2 aromatic heterocycles. The Labute approximate surface area is 284 Å². The fourth-order valence-corrected chi connectivity index (χ4v) is 5.61. The van der Waals surface area contributed by atoms with Crippen molar-refractivity contribution < 1.29 is 18.7 Å². The van der Waals surface area contributed by atoms with E-state index in [1.54, 1.807) is 48.9 Å². The van der Waals surface area contributed by atoms with Crippen LogP contribution in [0, 0.1) is 11.2 Å². The molecule has 49 heavy (non-hydrogen) atoms. The number of hydrogen-bond acceptors (Lipinski definition) is 9. The Morgan fingerprint density at radius 1 is 0.939 bits per heavy atom. The smallest absolute Gasteiger partial charge is 0.321 e. The van der Waals surface area contributed by atoms with Gasteiger partial charge >= 0.3 is 6.03 Å². The summed E-state index contributed by atoms with van der Waals surface area (Å²) in [6.45, 7) is 10.5. The molecule has 0 saturated heterocycles. The molecule has 12 heteroatoms. The number of hydrogen-bond donors (Lipinski definition) is 3. The molecule has 252 valence electrons. The molecule has 0 saturated carbocycles. The minimum atomic E-state index is -0.976. The van der Waals surface area contributed by atoms with Crippen molar-refractivity contribution in [3.05, 3.63) is 103 Å². The number of carbonyl (C=O) groups is 1. The van der Waals surface area contributed by atoms with E-state index < -0.39 is 17.5 Å². The van der Waals surface area contributed by atoms with Gasteiger partial charge in [-0.25, -0.2) is 24.2 Å². The molecule has 1 aliphatic heterocycles. The number of nitrogens with one attached hydrogen (secondary N) is 3. The van der Waals surface area contributed by atoms with Crippen molar-refractivity contribution in [3.8, 4) is 11.5 Å². The van der Waals surface area contributed by atoms with E-state index in [-0.39, 0.29) is 11.2 Å². The quantitative estimate of drug-likeness (QED) is 0.137. The van der Waals surface area contributed by atoms with Crippen LogP contribution in [0.4, 0.5) is 32.2 Å². The first-order valence-corrected chi connectivity index (χ1v) is 16.0. The summed E-state index contributed by atoms with van der Waals surface area (Å²) in [5, 5.41) is 17.5. The maximum absolute atomic E-state index is 14.9. The minimum Gasteiger partial charge on any atom is -0.491 e. The highest BCUT2D eigenvalue weighted by Gasteiger charge is 2.44. The van der Waals surface area contributed by atoms with Crippen LogP contribution in [0.2, 0.25) is 0 Å². The van der Waals surface area contributed by atoms with E-state index in [9.17, 15) is 9.18 Å². The number of aromatic nitrogens is 3. The lowest BCUT2D eigenvalue weighted by molar-refractivity contribution is 0.240. The van der Waals surface area contributed by atoms with Gasteiger partial charge < -0.3 is 25.4 Å². The van der Waals surface area contributed by atoms with Crippen LogP contribution < -0.4 is 30.4 Å². The molecule has 1 aliphatic rings. The van der Waals surface area contributed by atoms with E-state index in [4.69, 9.17) is 14.6 Å². The van der Waals surface area contributed by atoms with E-state index in [1.165, 1.54) is 6.07 Å². The molecule has 1 atom stereocenters. The molecular formula is C37H39FN8O3. The monoisotopic (exact) mass is 662 g/mol. The number of fused-ring (bicyclic) bond motifs is 1. The number of halogens is 1. The maximum atomic E-state index is 14.9. The predicted octanol–water partition coefficient (Wildman–Crippen LogP) is 8.04. The second-order valence-electron chi connectivity index (χ2n) is 12.9. The van der Waals surface area contributed by atoms with Crippen LogP contribution in [0.5, 0.6) is 11.5 Å². The number of rotatable bonds is 10. The van der Waals surface area contributed by atoms with Gasteiger partial charge in [0.05, 0.1) is 24.2 Å². The SMILES string of the molecule is CCOc1ccc(N2N=C(C(C)(C)C)CC2(C)NC(=O)Nc2ccc(OCc3ccnc(Nc4cnccn4)c3)c3ccccc23)cc1F. The van der Waals surface area contributed by atoms with E-state index >= 15 is 0 Å². The molecule has 0 fully saturated rings. The van der Waals surface area contributed by atoms with Gasteiger partial charge in [-0.3, -0.25) is 4.98 Å². The zero-order chi connectivity index (χ0) is 34.6. The van der Waals surface area contributed by atoms with Crippen molar-refractivity contribution in [1.82, 2.24) is 20.3 Å². The summed E-state index contributed by atoms with van der Waals surface area (Å²) in [7, 11) is 0. The summed E-state index contributed by atoms with van der Waals surface area (Å²) in [5.74, 6) is 1.55. The van der Waals surface area contributed by atoms with Gasteiger partial charge in [-0.2, -0.15) is 5.10 Å². The molecule has 0 bridgehead atoms. The molecule has 11 nitrogen and oxygen atoms in total. The number of nitrogens with zero attached hydrogens (tertiary/aromatic N) is 5. The molecule has 3 heterocycles. The molecule has 3 aromatic carbocycles. The number of amides is 2. The number of benzene rings is 3. The largest absolute Gasteiger partial charge is 0.491 e. The van der Waals surface area contributed by atoms with Gasteiger partial charge in [-0.1, -0.05) is 45.0 Å². The molecule has 1 unspecified atom stereocenters. The summed E-state index contributed by atoms with van der Waals surface area (Å²) in [4.78, 5) is 26.3. The Morgan fingerprint density at radius 3 is 2.45 bits per heavy atom. The molecule has 3 N–H and O–H groups in total. The number of urea groups is 1. The average molecular weight is 663 g/mol. The van der Waals surface area contributed by atoms with Crippen molar-refractivity contribution in [3.63, 3.8) is 0 Å². The topological polar surface area (TPSA) is 126 Å². The first kappa shape index (κ1) is 33.1. The first-order valence-electron chi connectivity index (χ1n) is 16.0. The molecule has 0 aliphatic carbocycles. The Balaban J connectivity index is 1.19. The zero-order valence-electron chi connectivity index (χ0n) is 28.1. The molecular weight excluding hydrogens is 623 g/mol. The van der Waals surface area contributed by atoms with Crippen molar-refractivity contribution in [2.45, 2.75) is 53.3 Å². The van der Waals surface area contributed by atoms with Gasteiger partial charge in [0, 0.05) is 53.0 Å². The fourth-order valence-electron chi connectivity index (χ4n) is 5.61. The summed E-state index contributed by atoms with van der Waals surface area (Å²) >= 11 is 0. The number of carbonyl (C=O) groups excluding carboxylic acids is 1. The third-order valence-electron chi connectivity index (χ3n) is 8.08. The van der Waals surface area contributed by atoms with Crippen LogP contribution in [0.3, 0.4) is 0 Å². The highest BCUT2D eigenvalue weighted by molar-refractivity contribution is 6.04. The Bertz CT molecular complexity index is 2000. The summed E-state index contributed by atoms with van der Waals surface area (Å²) in [5.41, 5.74) is 1.65. The summed E-state index contributed by atoms with van der Waals surface area (Å²) in [6.07, 6.45) is 6.98. The first-order chi connectivity index (χ1) is 23.5. The van der Waals surface area contributed by atoms with Crippen LogP contribution in [-0.2, 0) is 6.61 Å². The minimum absolute atomic E-state index is 0.165. The number of ether oxygens (including phenoxy) is 2. The highest BCUT2D eigenvalue weighted by Crippen LogP contribution is 2.38. The third kappa shape index (κ3) is 7.53. The molecule has 0 radical (unpaired) electrons. The van der Waals surface area contributed by atoms with Gasteiger partial charge in [0.25, 0.3) is 0 Å². The second-order valence-corrected chi connectivity index (χ2v) is 12.9. The zero-order valence-corrected chi connectivity index (χ0v) is 28.1. The van der Waals surface area contributed by atoms with E-state index in [0.717, 1.165) is 22.0 Å². The molecule has 0 spiro atoms. The third-order valence-corrected chi connectivity index (χ3v) is 8.08. The number of pyridine rings is 1. The van der Waals surface area contributed by atoms with Gasteiger partial charge in [-0.05, 0) is 55.8 Å². The fraction of sp³-hybridized carbons (Fsp3) is 0.270. The maximum Gasteiger partial charge on any atom is 0.321 e. The Hall–Kier alpha value is -5.78. The van der Waals surface area contributed by atoms with E-state index in [1.807, 2.05) is 55.5 Å². The van der Waals surface area contributed by atoms with Gasteiger partial charge in [0.1, 0.15) is 29.7 Å². The molecule has 5 aromatic rings.